The van der Waals surface area contributed by atoms with Gasteiger partial charge in [0.25, 0.3) is 0 Å². The minimum atomic E-state index is -0.304. The number of amides is 2. The maximum Gasteiger partial charge on any atom is 0.242 e. The van der Waals surface area contributed by atoms with E-state index in [0.29, 0.717) is 13.1 Å². The molecule has 0 aliphatic carbocycles. The third-order valence-electron chi connectivity index (χ3n) is 4.34. The van der Waals surface area contributed by atoms with E-state index in [9.17, 15) is 9.59 Å². The normalized spacial score (nSPS) is 19.6. The third kappa shape index (κ3) is 5.86. The van der Waals surface area contributed by atoms with Gasteiger partial charge < -0.3 is 20.9 Å². The Kier molecular flexibility index (Phi) is 8.69. The topological polar surface area (TPSA) is 73.5 Å². The Hall–Kier alpha value is -1.56. The Labute approximate surface area is 140 Å². The zero-order valence-electron chi connectivity index (χ0n) is 14.9. The van der Waals surface area contributed by atoms with Crippen LogP contribution in [0.5, 0.6) is 0 Å². The summed E-state index contributed by atoms with van der Waals surface area (Å²) in [7, 11) is 1.81. The Balaban J connectivity index is 2.52. The highest BCUT2D eigenvalue weighted by Crippen LogP contribution is 2.19. The molecule has 6 heteroatoms. The summed E-state index contributed by atoms with van der Waals surface area (Å²) >= 11 is 0. The average molecular weight is 324 g/mol. The van der Waals surface area contributed by atoms with Crippen LogP contribution in [0.4, 0.5) is 0 Å². The summed E-state index contributed by atoms with van der Waals surface area (Å²) in [5.41, 5.74) is 1.15. The van der Waals surface area contributed by atoms with Crippen LogP contribution in [-0.2, 0) is 9.59 Å². The lowest BCUT2D eigenvalue weighted by Gasteiger charge is -2.28. The highest BCUT2D eigenvalue weighted by atomic mass is 16.2. The number of hydrogen-bond donors (Lipinski definition) is 3. The van der Waals surface area contributed by atoms with Crippen molar-refractivity contribution >= 4 is 11.8 Å². The van der Waals surface area contributed by atoms with Crippen molar-refractivity contribution in [3.63, 3.8) is 0 Å². The molecule has 1 aliphatic rings. The predicted molar refractivity (Wildman–Crippen MR) is 92.9 cm³/mol. The van der Waals surface area contributed by atoms with Gasteiger partial charge in [-0.25, -0.2) is 0 Å². The molecule has 0 saturated carbocycles. The Morgan fingerprint density at radius 1 is 1.35 bits per heavy atom. The molecule has 0 aromatic carbocycles. The van der Waals surface area contributed by atoms with E-state index in [1.54, 1.807) is 4.90 Å². The molecular weight excluding hydrogens is 292 g/mol. The number of carbonyl (C=O) groups excluding carboxylic acids is 2. The summed E-state index contributed by atoms with van der Waals surface area (Å²) < 4.78 is 0. The van der Waals surface area contributed by atoms with Crippen LogP contribution in [-0.4, -0.2) is 55.5 Å². The first-order chi connectivity index (χ1) is 11.0. The van der Waals surface area contributed by atoms with Gasteiger partial charge in [-0.05, 0) is 53.5 Å². The van der Waals surface area contributed by atoms with Gasteiger partial charge in [0.05, 0.1) is 6.04 Å². The largest absolute Gasteiger partial charge is 0.389 e. The molecule has 23 heavy (non-hydrogen) atoms. The number of rotatable bonds is 9. The number of likely N-dealkylation sites (N-methyl/N-ethyl adjacent to an activating group) is 2. The number of hydrogen-bond acceptors (Lipinski definition) is 4. The lowest BCUT2D eigenvalue weighted by molar-refractivity contribution is -0.140. The van der Waals surface area contributed by atoms with E-state index in [1.807, 2.05) is 33.9 Å². The zero-order chi connectivity index (χ0) is 17.2. The summed E-state index contributed by atoms with van der Waals surface area (Å²) in [6, 6.07) is -0.528. The maximum absolute atomic E-state index is 12.7. The first-order valence-corrected chi connectivity index (χ1v) is 8.67. The molecule has 1 heterocycles. The molecule has 1 rings (SSSR count). The number of carbonyl (C=O) groups is 2. The molecule has 0 spiro atoms. The third-order valence-corrected chi connectivity index (χ3v) is 4.34. The highest BCUT2D eigenvalue weighted by Gasteiger charge is 2.36. The van der Waals surface area contributed by atoms with Gasteiger partial charge in [0.15, 0.2) is 0 Å². The van der Waals surface area contributed by atoms with Crippen LogP contribution in [0.3, 0.4) is 0 Å². The minimum absolute atomic E-state index is 0.0291. The number of likely N-dealkylation sites (tertiary alicyclic amines) is 1. The van der Waals surface area contributed by atoms with Crippen LogP contribution in [0.25, 0.3) is 0 Å². The first-order valence-electron chi connectivity index (χ1n) is 8.67. The molecular formula is C17H32N4O2. The molecule has 1 fully saturated rings. The fourth-order valence-electron chi connectivity index (χ4n) is 2.88. The SMILES string of the molecule is C/C=C(/C)NCCCC(NC)C(=O)N1CCCC1C(=O)NCC. The van der Waals surface area contributed by atoms with E-state index in [2.05, 4.69) is 16.0 Å². The van der Waals surface area contributed by atoms with Gasteiger partial charge in [-0.2, -0.15) is 0 Å². The standard InChI is InChI=1S/C17H32N4O2/c1-5-13(3)20-11-7-9-14(18-4)17(23)21-12-8-10-15(21)16(22)19-6-2/h5,14-15,18,20H,6-12H2,1-4H3,(H,19,22)/b13-5-. The van der Waals surface area contributed by atoms with E-state index in [1.165, 1.54) is 0 Å². The molecule has 2 atom stereocenters. The lowest BCUT2D eigenvalue weighted by Crippen LogP contribution is -2.52. The van der Waals surface area contributed by atoms with Crippen molar-refractivity contribution in [2.24, 2.45) is 0 Å². The average Bonchev–Trinajstić information content (AvgIpc) is 3.04. The minimum Gasteiger partial charge on any atom is -0.389 e. The van der Waals surface area contributed by atoms with Crippen molar-refractivity contribution in [2.45, 2.75) is 58.5 Å². The Morgan fingerprint density at radius 3 is 2.70 bits per heavy atom. The van der Waals surface area contributed by atoms with Crippen LogP contribution in [0.2, 0.25) is 0 Å². The van der Waals surface area contributed by atoms with Gasteiger partial charge in [0.2, 0.25) is 11.8 Å². The quantitative estimate of drug-likeness (QED) is 0.553. The smallest absolute Gasteiger partial charge is 0.242 e. The van der Waals surface area contributed by atoms with Crippen LogP contribution in [0, 0.1) is 0 Å². The van der Waals surface area contributed by atoms with Gasteiger partial charge in [-0.1, -0.05) is 6.08 Å². The summed E-state index contributed by atoms with van der Waals surface area (Å²) in [6.07, 6.45) is 5.35. The molecule has 132 valence electrons. The summed E-state index contributed by atoms with van der Waals surface area (Å²) in [5.74, 6) is 0.0163. The van der Waals surface area contributed by atoms with Crippen molar-refractivity contribution in [3.8, 4) is 0 Å². The summed E-state index contributed by atoms with van der Waals surface area (Å²) in [4.78, 5) is 26.6. The van der Waals surface area contributed by atoms with Crippen molar-refractivity contribution in [1.82, 2.24) is 20.9 Å². The van der Waals surface area contributed by atoms with Crippen LogP contribution >= 0.6 is 0 Å². The molecule has 2 unspecified atom stereocenters. The van der Waals surface area contributed by atoms with Crippen LogP contribution < -0.4 is 16.0 Å². The van der Waals surface area contributed by atoms with Gasteiger partial charge >= 0.3 is 0 Å². The van der Waals surface area contributed by atoms with Crippen molar-refractivity contribution < 1.29 is 9.59 Å². The predicted octanol–water partition coefficient (Wildman–Crippen LogP) is 0.995. The van der Waals surface area contributed by atoms with E-state index >= 15 is 0 Å². The van der Waals surface area contributed by atoms with Gasteiger partial charge in [-0.15, -0.1) is 0 Å². The number of allylic oxidation sites excluding steroid dienone is 2. The fourth-order valence-corrected chi connectivity index (χ4v) is 2.88. The summed E-state index contributed by atoms with van der Waals surface area (Å²) in [6.45, 7) is 8.05. The van der Waals surface area contributed by atoms with Gasteiger partial charge in [0.1, 0.15) is 6.04 Å². The number of nitrogens with one attached hydrogen (secondary N) is 3. The maximum atomic E-state index is 12.7. The fraction of sp³-hybridized carbons (Fsp3) is 0.765. The van der Waals surface area contributed by atoms with Crippen LogP contribution in [0.1, 0.15) is 46.5 Å². The van der Waals surface area contributed by atoms with Crippen molar-refractivity contribution in [3.05, 3.63) is 11.8 Å². The molecule has 0 aromatic heterocycles. The Morgan fingerprint density at radius 2 is 2.09 bits per heavy atom. The van der Waals surface area contributed by atoms with E-state index in [-0.39, 0.29) is 23.9 Å². The lowest BCUT2D eigenvalue weighted by atomic mass is 10.1. The molecule has 0 aromatic rings. The van der Waals surface area contributed by atoms with E-state index in [0.717, 1.165) is 37.9 Å². The van der Waals surface area contributed by atoms with Crippen molar-refractivity contribution in [1.29, 1.82) is 0 Å². The molecule has 1 saturated heterocycles. The van der Waals surface area contributed by atoms with E-state index < -0.39 is 0 Å². The van der Waals surface area contributed by atoms with Crippen molar-refractivity contribution in [2.75, 3.05) is 26.7 Å². The first kappa shape index (κ1) is 19.5. The Bertz CT molecular complexity index is 423. The van der Waals surface area contributed by atoms with Crippen LogP contribution in [0.15, 0.2) is 11.8 Å². The zero-order valence-corrected chi connectivity index (χ0v) is 14.9. The molecule has 3 N–H and O–H groups in total. The summed E-state index contributed by atoms with van der Waals surface area (Å²) in [5, 5.41) is 9.25. The second-order valence-corrected chi connectivity index (χ2v) is 5.97. The molecule has 0 radical (unpaired) electrons. The second kappa shape index (κ2) is 10.3. The molecule has 1 aliphatic heterocycles. The monoisotopic (exact) mass is 324 g/mol. The molecule has 0 bridgehead atoms. The van der Waals surface area contributed by atoms with E-state index in [4.69, 9.17) is 0 Å². The van der Waals surface area contributed by atoms with Gasteiger partial charge in [0, 0.05) is 25.3 Å². The second-order valence-electron chi connectivity index (χ2n) is 5.97. The highest BCUT2D eigenvalue weighted by molar-refractivity contribution is 5.90. The molecule has 2 amide bonds. The molecule has 6 nitrogen and oxygen atoms in total. The number of nitrogens with zero attached hydrogens (tertiary/aromatic N) is 1. The van der Waals surface area contributed by atoms with Gasteiger partial charge in [-0.3, -0.25) is 9.59 Å².